The third-order valence-corrected chi connectivity index (χ3v) is 8.21. The van der Waals surface area contributed by atoms with Crippen LogP contribution in [0.4, 0.5) is 0 Å². The molecule has 0 bridgehead atoms. The maximum absolute atomic E-state index is 4.79. The van der Waals surface area contributed by atoms with Crippen LogP contribution in [0.25, 0.3) is 72.3 Å². The van der Waals surface area contributed by atoms with Crippen molar-refractivity contribution in [2.75, 3.05) is 0 Å². The molecule has 3 heterocycles. The Kier molecular flexibility index (Phi) is 5.83. The van der Waals surface area contributed by atoms with Crippen LogP contribution in [0.15, 0.2) is 128 Å². The zero-order valence-corrected chi connectivity index (χ0v) is 23.9. The number of hydrogen-bond acceptors (Lipinski definition) is 4. The number of benzene rings is 5. The van der Waals surface area contributed by atoms with Crippen molar-refractivity contribution >= 4 is 33.1 Å². The van der Waals surface area contributed by atoms with Crippen molar-refractivity contribution in [3.63, 3.8) is 0 Å². The minimum absolute atomic E-state index is 0.549. The summed E-state index contributed by atoms with van der Waals surface area (Å²) < 4.78 is 2.38. The maximum Gasteiger partial charge on any atom is 0.198 e. The second-order valence-corrected chi connectivity index (χ2v) is 10.9. The van der Waals surface area contributed by atoms with Crippen LogP contribution in [0.2, 0.25) is 0 Å². The number of aryl methyl sites for hydroxylation is 2. The van der Waals surface area contributed by atoms with E-state index >= 15 is 0 Å². The van der Waals surface area contributed by atoms with Gasteiger partial charge in [0.05, 0.1) is 22.9 Å². The highest BCUT2D eigenvalue weighted by Crippen LogP contribution is 2.38. The maximum atomic E-state index is 4.79. The number of nitrogens with zero attached hydrogens (tertiary/aromatic N) is 5. The van der Waals surface area contributed by atoms with Crippen molar-refractivity contribution in [1.29, 1.82) is 0 Å². The molecule has 0 atom stereocenters. The molecular formula is C38H27N5. The van der Waals surface area contributed by atoms with Crippen LogP contribution in [0.3, 0.4) is 0 Å². The molecule has 0 aliphatic rings. The Balaban J connectivity index is 1.35. The van der Waals surface area contributed by atoms with E-state index in [0.717, 1.165) is 28.1 Å². The van der Waals surface area contributed by atoms with E-state index < -0.39 is 0 Å². The van der Waals surface area contributed by atoms with E-state index in [1.807, 2.05) is 0 Å². The second kappa shape index (κ2) is 10.00. The summed E-state index contributed by atoms with van der Waals surface area (Å²) in [6.45, 7) is 4.28. The van der Waals surface area contributed by atoms with E-state index in [4.69, 9.17) is 4.98 Å². The molecule has 0 aliphatic carbocycles. The Hall–Kier alpha value is -5.68. The van der Waals surface area contributed by atoms with Crippen LogP contribution >= 0.6 is 0 Å². The van der Waals surface area contributed by atoms with Crippen LogP contribution < -0.4 is 0 Å². The Morgan fingerprint density at radius 1 is 0.512 bits per heavy atom. The lowest BCUT2D eigenvalue weighted by molar-refractivity contribution is 1.14. The highest BCUT2D eigenvalue weighted by atomic mass is 15.0. The fourth-order valence-electron chi connectivity index (χ4n) is 6.27. The molecule has 8 aromatic rings. The molecule has 0 radical (unpaired) electrons. The van der Waals surface area contributed by atoms with Gasteiger partial charge in [-0.05, 0) is 83.6 Å². The van der Waals surface area contributed by atoms with Crippen LogP contribution in [0.1, 0.15) is 11.1 Å². The van der Waals surface area contributed by atoms with Gasteiger partial charge in [0, 0.05) is 34.4 Å². The molecule has 0 saturated carbocycles. The highest BCUT2D eigenvalue weighted by Gasteiger charge is 2.17. The first-order valence-corrected chi connectivity index (χ1v) is 14.4. The molecule has 5 aromatic carbocycles. The third-order valence-electron chi connectivity index (χ3n) is 8.21. The summed E-state index contributed by atoms with van der Waals surface area (Å²) in [5.74, 6) is 0. The van der Waals surface area contributed by atoms with Gasteiger partial charge in [0.25, 0.3) is 0 Å². The fraction of sp³-hybridized carbons (Fsp3) is 0.0526. The lowest BCUT2D eigenvalue weighted by Crippen LogP contribution is -2.00. The van der Waals surface area contributed by atoms with Gasteiger partial charge in [-0.25, -0.2) is 19.9 Å². The third kappa shape index (κ3) is 4.25. The molecule has 0 saturated heterocycles. The van der Waals surface area contributed by atoms with E-state index in [1.54, 1.807) is 18.6 Å². The number of rotatable bonds is 4. The van der Waals surface area contributed by atoms with Crippen LogP contribution in [-0.2, 0) is 0 Å². The number of hydrogen-bond donors (Lipinski definition) is 0. The molecule has 43 heavy (non-hydrogen) atoms. The van der Waals surface area contributed by atoms with Gasteiger partial charge in [-0.2, -0.15) is 0 Å². The first kappa shape index (κ1) is 25.1. The average molecular weight is 554 g/mol. The minimum Gasteiger partial charge on any atom is -0.309 e. The summed E-state index contributed by atoms with van der Waals surface area (Å²) in [5, 5.41) is 2.46. The van der Waals surface area contributed by atoms with Gasteiger partial charge >= 0.3 is 0 Å². The van der Waals surface area contributed by atoms with Crippen LogP contribution in [-0.4, -0.2) is 24.5 Å². The van der Waals surface area contributed by atoms with Gasteiger partial charge in [-0.1, -0.05) is 72.8 Å². The van der Waals surface area contributed by atoms with E-state index in [1.165, 1.54) is 44.1 Å². The summed E-state index contributed by atoms with van der Waals surface area (Å²) >= 11 is 0. The smallest absolute Gasteiger partial charge is 0.198 e. The predicted molar refractivity (Wildman–Crippen MR) is 175 cm³/mol. The molecule has 0 N–H and O–H groups in total. The number of aromatic nitrogens is 5. The highest BCUT2D eigenvalue weighted by molar-refractivity contribution is 6.11. The van der Waals surface area contributed by atoms with E-state index in [2.05, 4.69) is 143 Å². The molecule has 0 spiro atoms. The molecular weight excluding hydrogens is 526 g/mol. The van der Waals surface area contributed by atoms with Crippen molar-refractivity contribution < 1.29 is 0 Å². The van der Waals surface area contributed by atoms with Crippen molar-refractivity contribution in [1.82, 2.24) is 24.5 Å². The first-order valence-electron chi connectivity index (χ1n) is 14.4. The van der Waals surface area contributed by atoms with E-state index in [9.17, 15) is 0 Å². The Morgan fingerprint density at radius 2 is 1.05 bits per heavy atom. The molecule has 3 aromatic heterocycles. The van der Waals surface area contributed by atoms with Crippen LogP contribution in [0.5, 0.6) is 0 Å². The summed E-state index contributed by atoms with van der Waals surface area (Å²) in [7, 11) is 0. The SMILES string of the molecule is Cc1cc(-n2c3ccc(-c4ccccc4)cc3c3cc(-c4ccccc4)ccc32)cc(C)c1-c1cnc2nccnc2n1. The normalized spacial score (nSPS) is 11.5. The summed E-state index contributed by atoms with van der Waals surface area (Å²) in [6, 6.07) is 39.3. The Morgan fingerprint density at radius 3 is 1.60 bits per heavy atom. The van der Waals surface area contributed by atoms with Crippen molar-refractivity contribution in [3.05, 3.63) is 139 Å². The van der Waals surface area contributed by atoms with Gasteiger partial charge in [-0.15, -0.1) is 0 Å². The summed E-state index contributed by atoms with van der Waals surface area (Å²) in [6.07, 6.45) is 5.08. The van der Waals surface area contributed by atoms with Crippen molar-refractivity contribution in [2.24, 2.45) is 0 Å². The van der Waals surface area contributed by atoms with Crippen molar-refractivity contribution in [2.45, 2.75) is 13.8 Å². The monoisotopic (exact) mass is 553 g/mol. The molecule has 8 rings (SSSR count). The van der Waals surface area contributed by atoms with E-state index in [-0.39, 0.29) is 0 Å². The largest absolute Gasteiger partial charge is 0.309 e. The molecule has 5 heteroatoms. The Bertz CT molecular complexity index is 2180. The lowest BCUT2D eigenvalue weighted by Gasteiger charge is -2.15. The molecule has 0 unspecified atom stereocenters. The standard InChI is InChI=1S/C38H27N5/c1-24-19-30(20-25(2)36(24)33-23-41-37-38(42-33)40-18-17-39-37)43-34-15-13-28(26-9-5-3-6-10-26)21-31(34)32-22-29(14-16-35(32)43)27-11-7-4-8-12-27/h3-23H,1-2H3. The molecule has 5 nitrogen and oxygen atoms in total. The molecule has 0 fully saturated rings. The van der Waals surface area contributed by atoms with Crippen molar-refractivity contribution in [3.8, 4) is 39.2 Å². The van der Waals surface area contributed by atoms with Gasteiger partial charge in [-0.3, -0.25) is 0 Å². The van der Waals surface area contributed by atoms with Gasteiger partial charge in [0.15, 0.2) is 11.3 Å². The zero-order chi connectivity index (χ0) is 28.9. The van der Waals surface area contributed by atoms with E-state index in [0.29, 0.717) is 11.3 Å². The first-order chi connectivity index (χ1) is 21.1. The summed E-state index contributed by atoms with van der Waals surface area (Å²) in [5.41, 5.74) is 13.5. The lowest BCUT2D eigenvalue weighted by atomic mass is 9.99. The average Bonchev–Trinajstić information content (AvgIpc) is 3.38. The quantitative estimate of drug-likeness (QED) is 0.218. The number of fused-ring (bicyclic) bond motifs is 4. The topological polar surface area (TPSA) is 56.5 Å². The van der Waals surface area contributed by atoms with Gasteiger partial charge in [0.1, 0.15) is 0 Å². The predicted octanol–water partition coefficient (Wildman–Crippen LogP) is 9.13. The molecule has 0 aliphatic heterocycles. The van der Waals surface area contributed by atoms with Gasteiger partial charge in [0.2, 0.25) is 0 Å². The summed E-state index contributed by atoms with van der Waals surface area (Å²) in [4.78, 5) is 18.0. The Labute approximate surface area is 249 Å². The fourth-order valence-corrected chi connectivity index (χ4v) is 6.27. The zero-order valence-electron chi connectivity index (χ0n) is 23.9. The second-order valence-electron chi connectivity index (χ2n) is 10.9. The molecule has 0 amide bonds. The van der Waals surface area contributed by atoms with Crippen LogP contribution in [0, 0.1) is 13.8 Å². The molecule has 204 valence electrons. The minimum atomic E-state index is 0.549. The van der Waals surface area contributed by atoms with Gasteiger partial charge < -0.3 is 4.57 Å².